The summed E-state index contributed by atoms with van der Waals surface area (Å²) in [6.45, 7) is 2.04. The van der Waals surface area contributed by atoms with Crippen molar-refractivity contribution in [2.45, 2.75) is 6.92 Å². The summed E-state index contributed by atoms with van der Waals surface area (Å²) < 4.78 is 3.70. The third-order valence-electron chi connectivity index (χ3n) is 3.51. The van der Waals surface area contributed by atoms with Crippen LogP contribution in [0.1, 0.15) is 5.69 Å². The number of fused-ring (bicyclic) bond motifs is 1. The lowest BCUT2D eigenvalue weighted by Gasteiger charge is -2.06. The summed E-state index contributed by atoms with van der Waals surface area (Å²) in [5.41, 5.74) is 5.08. The molecule has 4 aromatic rings. The predicted octanol–water partition coefficient (Wildman–Crippen LogP) is 2.89. The van der Waals surface area contributed by atoms with E-state index in [1.54, 1.807) is 16.9 Å². The third-order valence-corrected chi connectivity index (χ3v) is 3.51. The minimum atomic E-state index is 0.854. The second-order valence-electron chi connectivity index (χ2n) is 4.88. The van der Waals surface area contributed by atoms with Crippen molar-refractivity contribution in [2.24, 2.45) is 0 Å². The van der Waals surface area contributed by atoms with E-state index in [-0.39, 0.29) is 0 Å². The summed E-state index contributed by atoms with van der Waals surface area (Å²) in [4.78, 5) is 4.41. The number of hydrogen-bond acceptors (Lipinski definition) is 3. The van der Waals surface area contributed by atoms with Gasteiger partial charge in [0.05, 0.1) is 11.9 Å². The molecule has 0 spiro atoms. The van der Waals surface area contributed by atoms with E-state index in [0.717, 1.165) is 28.2 Å². The largest absolute Gasteiger partial charge is 0.238 e. The normalized spacial score (nSPS) is 11.1. The molecule has 0 saturated carbocycles. The Labute approximate surface area is 121 Å². The lowest BCUT2D eigenvalue weighted by Crippen LogP contribution is -1.98. The molecule has 0 fully saturated rings. The Morgan fingerprint density at radius 2 is 1.95 bits per heavy atom. The molecule has 1 aromatic carbocycles. The fourth-order valence-electron chi connectivity index (χ4n) is 2.48. The number of benzene rings is 1. The molecule has 21 heavy (non-hydrogen) atoms. The van der Waals surface area contributed by atoms with Crippen LogP contribution >= 0.6 is 0 Å². The fourth-order valence-corrected chi connectivity index (χ4v) is 2.48. The zero-order valence-electron chi connectivity index (χ0n) is 11.5. The van der Waals surface area contributed by atoms with Gasteiger partial charge in [-0.2, -0.15) is 10.2 Å². The summed E-state index contributed by atoms with van der Waals surface area (Å²) >= 11 is 0. The van der Waals surface area contributed by atoms with E-state index in [1.807, 2.05) is 48.3 Å². The zero-order chi connectivity index (χ0) is 14.2. The molecule has 5 heteroatoms. The predicted molar refractivity (Wildman–Crippen MR) is 80.3 cm³/mol. The second kappa shape index (κ2) is 4.56. The van der Waals surface area contributed by atoms with Crippen LogP contribution in [-0.4, -0.2) is 24.4 Å². The number of nitrogens with zero attached hydrogens (tertiary/aromatic N) is 5. The average Bonchev–Trinajstić information content (AvgIpc) is 3.13. The Hall–Kier alpha value is -2.95. The molecular formula is C16H13N5. The Morgan fingerprint density at radius 1 is 1.00 bits per heavy atom. The van der Waals surface area contributed by atoms with Gasteiger partial charge in [0, 0.05) is 29.8 Å². The van der Waals surface area contributed by atoms with Gasteiger partial charge in [0.25, 0.3) is 0 Å². The van der Waals surface area contributed by atoms with Gasteiger partial charge in [-0.05, 0) is 36.8 Å². The zero-order valence-corrected chi connectivity index (χ0v) is 11.5. The first-order valence-electron chi connectivity index (χ1n) is 6.73. The Bertz CT molecular complexity index is 919. The smallest absolute Gasteiger partial charge is 0.162 e. The summed E-state index contributed by atoms with van der Waals surface area (Å²) in [7, 11) is 0. The van der Waals surface area contributed by atoms with E-state index in [1.165, 1.54) is 0 Å². The lowest BCUT2D eigenvalue weighted by atomic mass is 10.1. The third kappa shape index (κ3) is 1.90. The maximum atomic E-state index is 4.41. The van der Waals surface area contributed by atoms with Crippen molar-refractivity contribution in [1.82, 2.24) is 24.4 Å². The highest BCUT2D eigenvalue weighted by atomic mass is 15.3. The Balaban J connectivity index is 1.88. The quantitative estimate of drug-likeness (QED) is 0.565. The molecule has 0 aliphatic heterocycles. The van der Waals surface area contributed by atoms with Crippen molar-refractivity contribution in [3.63, 3.8) is 0 Å². The molecule has 0 radical (unpaired) electrons. The highest BCUT2D eigenvalue weighted by Gasteiger charge is 2.09. The van der Waals surface area contributed by atoms with E-state index >= 15 is 0 Å². The molecule has 102 valence electrons. The topological polar surface area (TPSA) is 48.0 Å². The van der Waals surface area contributed by atoms with E-state index < -0.39 is 0 Å². The minimum absolute atomic E-state index is 0.854. The molecule has 0 unspecified atom stereocenters. The molecule has 4 rings (SSSR count). The number of aromatic nitrogens is 5. The van der Waals surface area contributed by atoms with Gasteiger partial charge in [-0.3, -0.25) is 0 Å². The summed E-state index contributed by atoms with van der Waals surface area (Å²) in [5, 5.41) is 8.69. The van der Waals surface area contributed by atoms with Crippen LogP contribution in [0.5, 0.6) is 0 Å². The summed E-state index contributed by atoms with van der Waals surface area (Å²) in [6.07, 6.45) is 7.33. The molecule has 0 aliphatic rings. The molecule has 0 bridgehead atoms. The molecule has 3 heterocycles. The van der Waals surface area contributed by atoms with Crippen molar-refractivity contribution >= 4 is 5.65 Å². The van der Waals surface area contributed by atoms with Gasteiger partial charge >= 0.3 is 0 Å². The van der Waals surface area contributed by atoms with Gasteiger partial charge in [0.2, 0.25) is 0 Å². The Morgan fingerprint density at radius 3 is 2.81 bits per heavy atom. The maximum absolute atomic E-state index is 4.41. The molecule has 0 saturated heterocycles. The van der Waals surface area contributed by atoms with Crippen molar-refractivity contribution in [3.8, 4) is 16.8 Å². The minimum Gasteiger partial charge on any atom is -0.238 e. The van der Waals surface area contributed by atoms with Crippen molar-refractivity contribution < 1.29 is 0 Å². The van der Waals surface area contributed by atoms with E-state index in [2.05, 4.69) is 27.3 Å². The number of rotatable bonds is 2. The monoisotopic (exact) mass is 275 g/mol. The van der Waals surface area contributed by atoms with Crippen molar-refractivity contribution in [3.05, 3.63) is 66.9 Å². The first-order chi connectivity index (χ1) is 10.3. The van der Waals surface area contributed by atoms with Gasteiger partial charge in [-0.15, -0.1) is 0 Å². The van der Waals surface area contributed by atoms with Gasteiger partial charge in [0.1, 0.15) is 0 Å². The van der Waals surface area contributed by atoms with Crippen LogP contribution in [0.15, 0.2) is 61.2 Å². The Kier molecular flexibility index (Phi) is 2.57. The van der Waals surface area contributed by atoms with Gasteiger partial charge in [0.15, 0.2) is 5.65 Å². The number of aryl methyl sites for hydroxylation is 1. The second-order valence-corrected chi connectivity index (χ2v) is 4.88. The van der Waals surface area contributed by atoms with Gasteiger partial charge in [-0.1, -0.05) is 12.1 Å². The van der Waals surface area contributed by atoms with Crippen LogP contribution in [0.4, 0.5) is 0 Å². The SMILES string of the molecule is Cc1ccnn1-c1cccc(-c2cnn3cccnc23)c1. The van der Waals surface area contributed by atoms with Crippen molar-refractivity contribution in [2.75, 3.05) is 0 Å². The average molecular weight is 275 g/mol. The van der Waals surface area contributed by atoms with Crippen LogP contribution in [0.25, 0.3) is 22.5 Å². The van der Waals surface area contributed by atoms with Gasteiger partial charge in [-0.25, -0.2) is 14.2 Å². The van der Waals surface area contributed by atoms with E-state index in [9.17, 15) is 0 Å². The van der Waals surface area contributed by atoms with Crippen LogP contribution in [0.2, 0.25) is 0 Å². The fraction of sp³-hybridized carbons (Fsp3) is 0.0625. The molecule has 0 atom stereocenters. The molecule has 3 aromatic heterocycles. The first-order valence-corrected chi connectivity index (χ1v) is 6.73. The number of hydrogen-bond donors (Lipinski definition) is 0. The highest BCUT2D eigenvalue weighted by molar-refractivity contribution is 5.77. The molecule has 0 N–H and O–H groups in total. The van der Waals surface area contributed by atoms with Crippen molar-refractivity contribution in [1.29, 1.82) is 0 Å². The van der Waals surface area contributed by atoms with E-state index in [0.29, 0.717) is 0 Å². The van der Waals surface area contributed by atoms with Gasteiger partial charge < -0.3 is 0 Å². The van der Waals surface area contributed by atoms with Crippen LogP contribution in [0.3, 0.4) is 0 Å². The highest BCUT2D eigenvalue weighted by Crippen LogP contribution is 2.25. The molecular weight excluding hydrogens is 262 g/mol. The van der Waals surface area contributed by atoms with Crippen LogP contribution < -0.4 is 0 Å². The lowest BCUT2D eigenvalue weighted by molar-refractivity contribution is 0.847. The summed E-state index contributed by atoms with van der Waals surface area (Å²) in [6, 6.07) is 12.1. The van der Waals surface area contributed by atoms with E-state index in [4.69, 9.17) is 0 Å². The van der Waals surface area contributed by atoms with Crippen LogP contribution in [-0.2, 0) is 0 Å². The molecule has 0 aliphatic carbocycles. The van der Waals surface area contributed by atoms with Crippen LogP contribution in [0, 0.1) is 6.92 Å². The summed E-state index contributed by atoms with van der Waals surface area (Å²) in [5.74, 6) is 0. The maximum Gasteiger partial charge on any atom is 0.162 e. The first kappa shape index (κ1) is 11.8. The standard InChI is InChI=1S/C16H13N5/c1-12-6-8-18-21(12)14-5-2-4-13(10-14)15-11-19-20-9-3-7-17-16(15)20/h2-11H,1H3. The molecule has 0 amide bonds. The molecule has 5 nitrogen and oxygen atoms in total.